The van der Waals surface area contributed by atoms with Crippen molar-refractivity contribution in [3.63, 3.8) is 0 Å². The summed E-state index contributed by atoms with van der Waals surface area (Å²) in [5, 5.41) is 23.7. The van der Waals surface area contributed by atoms with E-state index < -0.39 is 62.5 Å². The number of aryl methyl sites for hydroxylation is 2. The van der Waals surface area contributed by atoms with Crippen LogP contribution in [-0.2, 0) is 52.3 Å². The van der Waals surface area contributed by atoms with Gasteiger partial charge < -0.3 is 29.5 Å². The second kappa shape index (κ2) is 18.5. The fourth-order valence-corrected chi connectivity index (χ4v) is 11.8. The molecule has 0 saturated carbocycles. The third-order valence-corrected chi connectivity index (χ3v) is 14.5. The van der Waals surface area contributed by atoms with Crippen LogP contribution in [0.15, 0.2) is 12.1 Å². The zero-order chi connectivity index (χ0) is 49.8. The summed E-state index contributed by atoms with van der Waals surface area (Å²) in [6.45, 7) is 39.8. The maximum atomic E-state index is 15.9. The lowest BCUT2D eigenvalue weighted by Gasteiger charge is -2.55. The molecule has 0 bridgehead atoms. The molecular weight excluding hydrogens is 817 g/mol. The van der Waals surface area contributed by atoms with Gasteiger partial charge in [-0.25, -0.2) is 0 Å². The molecule has 2 amide bonds. The number of rotatable bonds is 12. The van der Waals surface area contributed by atoms with E-state index in [-0.39, 0.29) is 36.2 Å². The van der Waals surface area contributed by atoms with Crippen LogP contribution in [0.25, 0.3) is 0 Å². The van der Waals surface area contributed by atoms with Crippen molar-refractivity contribution >= 4 is 23.8 Å². The third kappa shape index (κ3) is 10.9. The number of likely N-dealkylation sites (tertiary alicyclic amines) is 2. The largest absolute Gasteiger partial charge is 0.507 e. The number of amides is 2. The Kier molecular flexibility index (Phi) is 15.3. The predicted molar refractivity (Wildman–Crippen MR) is 260 cm³/mol. The summed E-state index contributed by atoms with van der Waals surface area (Å²) in [5.41, 5.74) is 0.0272. The Morgan fingerprint density at radius 2 is 0.846 bits per heavy atom. The average Bonchev–Trinajstić information content (AvgIpc) is 3.11. The average molecular weight is 903 g/mol. The van der Waals surface area contributed by atoms with Crippen molar-refractivity contribution in [3.05, 3.63) is 56.6 Å². The van der Waals surface area contributed by atoms with Gasteiger partial charge in [0.2, 0.25) is 11.8 Å². The molecule has 0 radical (unpaired) electrons. The van der Waals surface area contributed by atoms with E-state index in [1.165, 1.54) is 0 Å². The van der Waals surface area contributed by atoms with Gasteiger partial charge in [0.15, 0.2) is 5.41 Å². The molecule has 65 heavy (non-hydrogen) atoms. The van der Waals surface area contributed by atoms with Gasteiger partial charge in [-0.2, -0.15) is 0 Å². The molecule has 2 aliphatic heterocycles. The molecule has 2 aliphatic rings. The summed E-state index contributed by atoms with van der Waals surface area (Å²) in [5.74, 6) is -1.20. The Labute approximate surface area is 392 Å². The molecule has 0 aliphatic carbocycles. The molecule has 2 aromatic rings. The van der Waals surface area contributed by atoms with Crippen LogP contribution in [0.3, 0.4) is 0 Å². The zero-order valence-corrected chi connectivity index (χ0v) is 44.1. The normalized spacial score (nSPS) is 19.0. The van der Waals surface area contributed by atoms with Crippen LogP contribution in [0.2, 0.25) is 0 Å². The van der Waals surface area contributed by atoms with E-state index in [9.17, 15) is 19.8 Å². The number of hydrogen-bond donors (Lipinski definition) is 2. The molecule has 2 fully saturated rings. The summed E-state index contributed by atoms with van der Waals surface area (Å²) < 4.78 is 13.5. The fourth-order valence-electron chi connectivity index (χ4n) is 11.8. The van der Waals surface area contributed by atoms with Gasteiger partial charge >= 0.3 is 11.9 Å². The van der Waals surface area contributed by atoms with Crippen LogP contribution in [0.5, 0.6) is 11.5 Å². The van der Waals surface area contributed by atoms with Gasteiger partial charge in [-0.3, -0.25) is 19.2 Å². The number of phenolic OH excluding ortho intramolecular Hbond substituents is 2. The first-order valence-electron chi connectivity index (χ1n) is 24.2. The van der Waals surface area contributed by atoms with Crippen LogP contribution in [-0.4, -0.2) is 78.1 Å². The second-order valence-electron chi connectivity index (χ2n) is 24.4. The first-order chi connectivity index (χ1) is 29.5. The smallest absolute Gasteiger partial charge is 0.324 e. The molecule has 4 rings (SSSR count). The minimum Gasteiger partial charge on any atom is -0.507 e. The summed E-state index contributed by atoms with van der Waals surface area (Å²) in [4.78, 5) is 63.0. The van der Waals surface area contributed by atoms with Crippen molar-refractivity contribution in [2.24, 2.45) is 5.41 Å². The van der Waals surface area contributed by atoms with E-state index in [1.54, 1.807) is 0 Å². The van der Waals surface area contributed by atoms with E-state index in [0.717, 1.165) is 22.3 Å². The fraction of sp³-hybridized carbons (Fsp3) is 0.709. The molecule has 0 aromatic heterocycles. The third-order valence-electron chi connectivity index (χ3n) is 14.5. The summed E-state index contributed by atoms with van der Waals surface area (Å²) >= 11 is 0. The molecule has 2 N–H and O–H groups in total. The number of ether oxygens (including phenoxy) is 2. The van der Waals surface area contributed by atoms with Crippen LogP contribution in [0.4, 0.5) is 0 Å². The van der Waals surface area contributed by atoms with Gasteiger partial charge in [-0.15, -0.1) is 0 Å². The van der Waals surface area contributed by atoms with E-state index in [4.69, 9.17) is 9.47 Å². The topological polar surface area (TPSA) is 134 Å². The van der Waals surface area contributed by atoms with Crippen molar-refractivity contribution in [3.8, 4) is 11.5 Å². The Bertz CT molecular complexity index is 1960. The number of piperidine rings is 2. The van der Waals surface area contributed by atoms with Crippen molar-refractivity contribution in [2.75, 3.05) is 0 Å². The molecule has 2 aromatic carbocycles. The molecule has 10 nitrogen and oxygen atoms in total. The Morgan fingerprint density at radius 3 is 1.09 bits per heavy atom. The SMILES string of the molecule is CCCC(=O)N1C(C)(C)CC(OC(=O)C(Cc2c(C)cc(C(C)(C)C)c(O)c2C)(Cc2c(C)cc(C(C)(C)C)c(O)c2C)C(=O)OC2CC(C)(C)N(C(=O)CCC)C(C)(C)C2)CC1(C)C. The van der Waals surface area contributed by atoms with Gasteiger partial charge in [-0.1, -0.05) is 67.5 Å². The number of aromatic hydroxyl groups is 2. The molecule has 364 valence electrons. The lowest BCUT2D eigenvalue weighted by molar-refractivity contribution is -0.189. The maximum Gasteiger partial charge on any atom is 0.324 e. The first kappa shape index (κ1) is 53.5. The zero-order valence-electron chi connectivity index (χ0n) is 44.1. The number of esters is 2. The lowest BCUT2D eigenvalue weighted by Crippen LogP contribution is -2.65. The highest BCUT2D eigenvalue weighted by atomic mass is 16.6. The molecule has 0 unspecified atom stereocenters. The predicted octanol–water partition coefficient (Wildman–Crippen LogP) is 11.5. The quantitative estimate of drug-likeness (QED) is 0.159. The molecule has 2 saturated heterocycles. The van der Waals surface area contributed by atoms with E-state index in [0.29, 0.717) is 73.6 Å². The van der Waals surface area contributed by atoms with Crippen molar-refractivity contribution in [1.29, 1.82) is 0 Å². The number of carbonyl (C=O) groups excluding carboxylic acids is 4. The highest BCUT2D eigenvalue weighted by Gasteiger charge is 2.56. The van der Waals surface area contributed by atoms with E-state index in [2.05, 4.69) is 0 Å². The Hall–Kier alpha value is -4.08. The van der Waals surface area contributed by atoms with Crippen LogP contribution < -0.4 is 0 Å². The minimum atomic E-state index is -2.01. The first-order valence-corrected chi connectivity index (χ1v) is 24.2. The van der Waals surface area contributed by atoms with Crippen LogP contribution in [0, 0.1) is 33.1 Å². The van der Waals surface area contributed by atoms with Gasteiger partial charge in [0, 0.05) is 73.5 Å². The maximum absolute atomic E-state index is 15.9. The van der Waals surface area contributed by atoms with E-state index in [1.807, 2.05) is 160 Å². The number of nitrogens with zero attached hydrogens (tertiary/aromatic N) is 2. The number of hydrogen-bond acceptors (Lipinski definition) is 8. The number of carbonyl (C=O) groups is 4. The second-order valence-corrected chi connectivity index (χ2v) is 24.4. The lowest BCUT2D eigenvalue weighted by atomic mass is 9.71. The molecule has 2 heterocycles. The van der Waals surface area contributed by atoms with Gasteiger partial charge in [0.25, 0.3) is 0 Å². The minimum absolute atomic E-state index is 0.0485. The highest BCUT2D eigenvalue weighted by molar-refractivity contribution is 6.01. The van der Waals surface area contributed by atoms with Crippen LogP contribution in [0.1, 0.15) is 207 Å². The Balaban J connectivity index is 2.02. The van der Waals surface area contributed by atoms with Gasteiger partial charge in [0.1, 0.15) is 23.7 Å². The summed E-state index contributed by atoms with van der Waals surface area (Å²) in [6, 6.07) is 3.89. The Morgan fingerprint density at radius 1 is 0.569 bits per heavy atom. The summed E-state index contributed by atoms with van der Waals surface area (Å²) in [7, 11) is 0. The number of phenols is 2. The standard InChI is InChI=1S/C55H86N2O8/c1-21-23-43(58)56-51(13,14)27-37(28-52(56,15)16)64-47(62)55(31-39-33(3)25-41(49(7,8)9)45(60)35(39)5,32-40-34(4)26-42(50(10,11)12)46(61)36(40)6)48(63)65-38-29-53(17,18)57(44(59)24-22-2)54(19,20)30-38/h25-26,37-38,60-61H,21-24,27-32H2,1-20H3. The number of benzene rings is 2. The highest BCUT2D eigenvalue weighted by Crippen LogP contribution is 2.47. The monoisotopic (exact) mass is 903 g/mol. The van der Waals surface area contributed by atoms with Gasteiger partial charge in [0.05, 0.1) is 0 Å². The molecule has 0 spiro atoms. The molecular formula is C55H86N2O8. The van der Waals surface area contributed by atoms with Crippen molar-refractivity contribution < 1.29 is 38.9 Å². The van der Waals surface area contributed by atoms with Crippen molar-refractivity contribution in [1.82, 2.24) is 9.80 Å². The van der Waals surface area contributed by atoms with Crippen molar-refractivity contribution in [2.45, 2.75) is 248 Å². The summed E-state index contributed by atoms with van der Waals surface area (Å²) in [6.07, 6.45) is 2.04. The molecule has 10 heteroatoms. The molecule has 0 atom stereocenters. The van der Waals surface area contributed by atoms with Crippen LogP contribution >= 0.6 is 0 Å². The van der Waals surface area contributed by atoms with E-state index >= 15 is 9.59 Å². The van der Waals surface area contributed by atoms with Gasteiger partial charge in [-0.05, 0) is 151 Å².